The van der Waals surface area contributed by atoms with Crippen LogP contribution in [0.2, 0.25) is 0 Å². The van der Waals surface area contributed by atoms with E-state index in [1.807, 2.05) is 0 Å². The number of nitrogens with two attached hydrogens (primary N) is 1. The second-order valence-corrected chi connectivity index (χ2v) is 5.15. The molecule has 0 saturated carbocycles. The van der Waals surface area contributed by atoms with Crippen molar-refractivity contribution in [3.63, 3.8) is 0 Å². The van der Waals surface area contributed by atoms with Crippen molar-refractivity contribution in [1.29, 1.82) is 0 Å². The smallest absolute Gasteiger partial charge is 0.0208 e. The molecule has 1 aromatic carbocycles. The van der Waals surface area contributed by atoms with Gasteiger partial charge < -0.3 is 5.73 Å². The van der Waals surface area contributed by atoms with Crippen LogP contribution < -0.4 is 5.73 Å². The van der Waals surface area contributed by atoms with Gasteiger partial charge in [-0.05, 0) is 37.8 Å². The van der Waals surface area contributed by atoms with Gasteiger partial charge in [-0.15, -0.1) is 0 Å². The summed E-state index contributed by atoms with van der Waals surface area (Å²) in [6, 6.07) is 11.6. The Kier molecular flexibility index (Phi) is 4.57. The monoisotopic (exact) mass is 232 g/mol. The van der Waals surface area contributed by atoms with E-state index in [4.69, 9.17) is 5.73 Å². The highest BCUT2D eigenvalue weighted by Gasteiger charge is 2.24. The van der Waals surface area contributed by atoms with E-state index in [1.165, 1.54) is 31.4 Å². The molecule has 1 aliphatic rings. The molecule has 2 atom stereocenters. The summed E-state index contributed by atoms with van der Waals surface area (Å²) >= 11 is 0. The summed E-state index contributed by atoms with van der Waals surface area (Å²) in [5.74, 6) is 0. The van der Waals surface area contributed by atoms with Crippen molar-refractivity contribution in [2.45, 2.75) is 44.7 Å². The first kappa shape index (κ1) is 12.6. The number of nitrogens with zero attached hydrogens (tertiary/aromatic N) is 1. The van der Waals surface area contributed by atoms with Crippen LogP contribution in [0.3, 0.4) is 0 Å². The van der Waals surface area contributed by atoms with Gasteiger partial charge in [0, 0.05) is 18.6 Å². The zero-order valence-corrected chi connectivity index (χ0v) is 10.8. The van der Waals surface area contributed by atoms with E-state index in [0.29, 0.717) is 0 Å². The van der Waals surface area contributed by atoms with E-state index < -0.39 is 0 Å². The molecule has 2 heteroatoms. The third kappa shape index (κ3) is 3.55. The van der Waals surface area contributed by atoms with E-state index >= 15 is 0 Å². The van der Waals surface area contributed by atoms with Crippen molar-refractivity contribution in [3.05, 3.63) is 35.9 Å². The molecule has 0 aromatic heterocycles. The number of hydrogen-bond acceptors (Lipinski definition) is 2. The number of hydrogen-bond donors (Lipinski definition) is 1. The first-order chi connectivity index (χ1) is 8.29. The Balaban J connectivity index is 1.83. The Morgan fingerprint density at radius 1 is 1.35 bits per heavy atom. The van der Waals surface area contributed by atoms with Gasteiger partial charge in [0.05, 0.1) is 0 Å². The molecule has 1 unspecified atom stereocenters. The predicted molar refractivity (Wildman–Crippen MR) is 73.0 cm³/mol. The van der Waals surface area contributed by atoms with Gasteiger partial charge in [-0.1, -0.05) is 37.3 Å². The summed E-state index contributed by atoms with van der Waals surface area (Å²) in [7, 11) is 0. The molecule has 94 valence electrons. The minimum Gasteiger partial charge on any atom is -0.326 e. The highest BCUT2D eigenvalue weighted by molar-refractivity contribution is 5.15. The molecule has 0 bridgehead atoms. The van der Waals surface area contributed by atoms with Crippen LogP contribution in [0.5, 0.6) is 0 Å². The summed E-state index contributed by atoms with van der Waals surface area (Å²) in [6.45, 7) is 4.57. The van der Waals surface area contributed by atoms with Crippen molar-refractivity contribution in [1.82, 2.24) is 4.90 Å². The lowest BCUT2D eigenvalue weighted by molar-refractivity contribution is 0.233. The maximum absolute atomic E-state index is 6.26. The molecule has 1 fully saturated rings. The second kappa shape index (κ2) is 6.18. The van der Waals surface area contributed by atoms with Crippen LogP contribution in [0.4, 0.5) is 0 Å². The predicted octanol–water partition coefficient (Wildman–Crippen LogP) is 2.43. The highest BCUT2D eigenvalue weighted by Crippen LogP contribution is 2.19. The van der Waals surface area contributed by atoms with E-state index in [0.717, 1.165) is 19.0 Å². The van der Waals surface area contributed by atoms with Gasteiger partial charge in [0.15, 0.2) is 0 Å². The van der Waals surface area contributed by atoms with Gasteiger partial charge in [0.1, 0.15) is 0 Å². The van der Waals surface area contributed by atoms with Crippen LogP contribution in [0.15, 0.2) is 30.3 Å². The standard InChI is InChI=1S/C15H24N2/c1-2-15-9-6-10-17(15)12-14(16)11-13-7-4-3-5-8-13/h3-5,7-8,14-15H,2,6,9-12,16H2,1H3/t14-,15?/m1/s1. The summed E-state index contributed by atoms with van der Waals surface area (Å²) in [5.41, 5.74) is 7.61. The summed E-state index contributed by atoms with van der Waals surface area (Å²) in [6.07, 6.45) is 4.96. The van der Waals surface area contributed by atoms with Gasteiger partial charge in [0.2, 0.25) is 0 Å². The minimum atomic E-state index is 0.268. The average molecular weight is 232 g/mol. The Morgan fingerprint density at radius 2 is 2.12 bits per heavy atom. The summed E-state index contributed by atoms with van der Waals surface area (Å²) in [4.78, 5) is 2.58. The van der Waals surface area contributed by atoms with Crippen LogP contribution in [0.1, 0.15) is 31.7 Å². The molecular weight excluding hydrogens is 208 g/mol. The molecule has 0 radical (unpaired) electrons. The normalized spacial score (nSPS) is 22.8. The fourth-order valence-electron chi connectivity index (χ4n) is 2.88. The van der Waals surface area contributed by atoms with Crippen molar-refractivity contribution in [2.75, 3.05) is 13.1 Å². The van der Waals surface area contributed by atoms with Gasteiger partial charge in [-0.25, -0.2) is 0 Å². The topological polar surface area (TPSA) is 29.3 Å². The Bertz CT molecular complexity index is 323. The number of likely N-dealkylation sites (tertiary alicyclic amines) is 1. The largest absolute Gasteiger partial charge is 0.326 e. The first-order valence-electron chi connectivity index (χ1n) is 6.83. The molecule has 1 aliphatic heterocycles. The molecule has 0 amide bonds. The Hall–Kier alpha value is -0.860. The van der Waals surface area contributed by atoms with E-state index in [9.17, 15) is 0 Å². The van der Waals surface area contributed by atoms with Crippen LogP contribution in [-0.4, -0.2) is 30.1 Å². The summed E-state index contributed by atoms with van der Waals surface area (Å²) in [5, 5.41) is 0. The Labute approximate surface area is 105 Å². The molecule has 0 aliphatic carbocycles. The molecule has 1 saturated heterocycles. The van der Waals surface area contributed by atoms with Crippen LogP contribution in [-0.2, 0) is 6.42 Å². The lowest BCUT2D eigenvalue weighted by Crippen LogP contribution is -2.41. The van der Waals surface area contributed by atoms with Crippen LogP contribution >= 0.6 is 0 Å². The average Bonchev–Trinajstić information content (AvgIpc) is 2.77. The third-order valence-corrected chi connectivity index (χ3v) is 3.78. The van der Waals surface area contributed by atoms with Gasteiger partial charge in [-0.3, -0.25) is 4.90 Å². The van der Waals surface area contributed by atoms with Crippen molar-refractivity contribution >= 4 is 0 Å². The Morgan fingerprint density at radius 3 is 2.82 bits per heavy atom. The van der Waals surface area contributed by atoms with Crippen molar-refractivity contribution in [2.24, 2.45) is 5.73 Å². The zero-order chi connectivity index (χ0) is 12.1. The van der Waals surface area contributed by atoms with Crippen LogP contribution in [0, 0.1) is 0 Å². The minimum absolute atomic E-state index is 0.268. The molecule has 1 aromatic rings. The molecule has 0 spiro atoms. The lowest BCUT2D eigenvalue weighted by atomic mass is 10.1. The fraction of sp³-hybridized carbons (Fsp3) is 0.600. The highest BCUT2D eigenvalue weighted by atomic mass is 15.2. The number of benzene rings is 1. The second-order valence-electron chi connectivity index (χ2n) is 5.15. The molecule has 17 heavy (non-hydrogen) atoms. The number of rotatable bonds is 5. The quantitative estimate of drug-likeness (QED) is 0.845. The van der Waals surface area contributed by atoms with Gasteiger partial charge >= 0.3 is 0 Å². The van der Waals surface area contributed by atoms with Crippen LogP contribution in [0.25, 0.3) is 0 Å². The van der Waals surface area contributed by atoms with Gasteiger partial charge in [-0.2, -0.15) is 0 Å². The maximum atomic E-state index is 6.26. The fourth-order valence-corrected chi connectivity index (χ4v) is 2.88. The van der Waals surface area contributed by atoms with E-state index in [1.54, 1.807) is 0 Å². The third-order valence-electron chi connectivity index (χ3n) is 3.78. The maximum Gasteiger partial charge on any atom is 0.0208 e. The van der Waals surface area contributed by atoms with Gasteiger partial charge in [0.25, 0.3) is 0 Å². The first-order valence-corrected chi connectivity index (χ1v) is 6.83. The van der Waals surface area contributed by atoms with Crippen molar-refractivity contribution < 1.29 is 0 Å². The SMILES string of the molecule is CCC1CCCN1C[C@H](N)Cc1ccccc1. The molecule has 1 heterocycles. The van der Waals surface area contributed by atoms with E-state index in [2.05, 4.69) is 42.2 Å². The molecule has 2 N–H and O–H groups in total. The van der Waals surface area contributed by atoms with Crippen molar-refractivity contribution in [3.8, 4) is 0 Å². The molecule has 2 rings (SSSR count). The lowest BCUT2D eigenvalue weighted by Gasteiger charge is -2.26. The van der Waals surface area contributed by atoms with E-state index in [-0.39, 0.29) is 6.04 Å². The molecule has 2 nitrogen and oxygen atoms in total. The molecular formula is C15H24N2. The summed E-state index contributed by atoms with van der Waals surface area (Å²) < 4.78 is 0. The zero-order valence-electron chi connectivity index (χ0n) is 10.8.